The second-order valence-corrected chi connectivity index (χ2v) is 2.15. The summed E-state index contributed by atoms with van der Waals surface area (Å²) >= 11 is 3.11. The second kappa shape index (κ2) is 4.26. The topological polar surface area (TPSA) is 50.7 Å². The van der Waals surface area contributed by atoms with Crippen molar-refractivity contribution in [3.63, 3.8) is 0 Å². The molecule has 0 spiro atoms. The summed E-state index contributed by atoms with van der Waals surface area (Å²) in [6.07, 6.45) is 1.32. The standard InChI is InChI=1S/C5H8BrN3/c1-4(7)5(6)9-3-8-2/h3H,2,7H2,1H3/b5-4+,9-3?. The van der Waals surface area contributed by atoms with Crippen LogP contribution in [0, 0.1) is 0 Å². The quantitative estimate of drug-likeness (QED) is 0.397. The molecule has 0 heterocycles. The van der Waals surface area contributed by atoms with Crippen LogP contribution in [0.2, 0.25) is 0 Å². The van der Waals surface area contributed by atoms with Crippen molar-refractivity contribution in [2.45, 2.75) is 6.92 Å². The molecule has 0 aliphatic heterocycles. The zero-order valence-electron chi connectivity index (χ0n) is 5.13. The van der Waals surface area contributed by atoms with Gasteiger partial charge in [0, 0.05) is 5.70 Å². The van der Waals surface area contributed by atoms with Crippen LogP contribution in [0.4, 0.5) is 0 Å². The predicted molar refractivity (Wildman–Crippen MR) is 43.9 cm³/mol. The lowest BCUT2D eigenvalue weighted by molar-refractivity contribution is 1.26. The molecule has 0 aliphatic carbocycles. The lowest BCUT2D eigenvalue weighted by Gasteiger charge is -1.89. The van der Waals surface area contributed by atoms with Gasteiger partial charge in [0.25, 0.3) is 0 Å². The number of nitrogens with two attached hydrogens (primary N) is 1. The molecule has 0 aromatic carbocycles. The summed E-state index contributed by atoms with van der Waals surface area (Å²) < 4.78 is 0.593. The van der Waals surface area contributed by atoms with E-state index in [9.17, 15) is 0 Å². The van der Waals surface area contributed by atoms with Gasteiger partial charge >= 0.3 is 0 Å². The summed E-state index contributed by atoms with van der Waals surface area (Å²) in [5, 5.41) is 0. The third-order valence-corrected chi connectivity index (χ3v) is 1.41. The molecule has 0 aliphatic rings. The van der Waals surface area contributed by atoms with Crippen molar-refractivity contribution >= 4 is 29.0 Å². The fourth-order valence-electron chi connectivity index (χ4n) is 0.193. The van der Waals surface area contributed by atoms with Gasteiger partial charge in [0.15, 0.2) is 0 Å². The van der Waals surface area contributed by atoms with Crippen LogP contribution >= 0.6 is 15.9 Å². The van der Waals surface area contributed by atoms with E-state index in [0.29, 0.717) is 10.3 Å². The van der Waals surface area contributed by atoms with E-state index < -0.39 is 0 Å². The van der Waals surface area contributed by atoms with Crippen molar-refractivity contribution in [1.29, 1.82) is 0 Å². The maximum Gasteiger partial charge on any atom is 0.126 e. The van der Waals surface area contributed by atoms with Gasteiger partial charge in [-0.3, -0.25) is 4.99 Å². The summed E-state index contributed by atoms with van der Waals surface area (Å²) in [5.74, 6) is 0. The minimum atomic E-state index is 0.593. The number of rotatable bonds is 2. The number of aliphatic imine (C=N–C) groups is 2. The van der Waals surface area contributed by atoms with Crippen LogP contribution in [-0.2, 0) is 0 Å². The van der Waals surface area contributed by atoms with E-state index in [-0.39, 0.29) is 0 Å². The maximum atomic E-state index is 5.33. The molecule has 0 atom stereocenters. The van der Waals surface area contributed by atoms with E-state index in [4.69, 9.17) is 5.73 Å². The van der Waals surface area contributed by atoms with E-state index >= 15 is 0 Å². The van der Waals surface area contributed by atoms with Crippen LogP contribution in [0.5, 0.6) is 0 Å². The Bertz CT molecular complexity index is 156. The highest BCUT2D eigenvalue weighted by atomic mass is 79.9. The molecule has 0 rings (SSSR count). The molecule has 9 heavy (non-hydrogen) atoms. The van der Waals surface area contributed by atoms with Crippen LogP contribution in [0.25, 0.3) is 0 Å². The van der Waals surface area contributed by atoms with Gasteiger partial charge in [0.1, 0.15) is 10.9 Å². The smallest absolute Gasteiger partial charge is 0.126 e. The Morgan fingerprint density at radius 2 is 2.33 bits per heavy atom. The first-order valence-corrected chi connectivity index (χ1v) is 3.08. The Kier molecular flexibility index (Phi) is 3.96. The van der Waals surface area contributed by atoms with Crippen molar-refractivity contribution in [3.8, 4) is 0 Å². The first kappa shape index (κ1) is 8.36. The van der Waals surface area contributed by atoms with Crippen LogP contribution in [0.1, 0.15) is 6.92 Å². The van der Waals surface area contributed by atoms with E-state index in [1.807, 2.05) is 0 Å². The SMILES string of the molecule is C=NC=N/C(Br)=C(\C)N. The van der Waals surface area contributed by atoms with E-state index in [2.05, 4.69) is 32.6 Å². The molecule has 4 heteroatoms. The van der Waals surface area contributed by atoms with Crippen LogP contribution in [0.15, 0.2) is 20.3 Å². The largest absolute Gasteiger partial charge is 0.400 e. The lowest BCUT2D eigenvalue weighted by atomic mass is 10.6. The highest BCUT2D eigenvalue weighted by Gasteiger charge is 1.86. The fourth-order valence-corrected chi connectivity index (χ4v) is 0.285. The van der Waals surface area contributed by atoms with E-state index in [0.717, 1.165) is 0 Å². The zero-order valence-corrected chi connectivity index (χ0v) is 6.72. The normalized spacial score (nSPS) is 13.6. The molecular formula is C5H8BrN3. The van der Waals surface area contributed by atoms with Crippen molar-refractivity contribution in [1.82, 2.24) is 0 Å². The number of hydrogen-bond acceptors (Lipinski definition) is 2. The molecular weight excluding hydrogens is 182 g/mol. The third-order valence-electron chi connectivity index (χ3n) is 0.578. The molecule has 0 unspecified atom stereocenters. The van der Waals surface area contributed by atoms with E-state index in [1.54, 1.807) is 6.92 Å². The molecule has 0 fully saturated rings. The maximum absolute atomic E-state index is 5.33. The number of halogens is 1. The Morgan fingerprint density at radius 1 is 1.78 bits per heavy atom. The average molecular weight is 190 g/mol. The van der Waals surface area contributed by atoms with Gasteiger partial charge in [-0.2, -0.15) is 0 Å². The van der Waals surface area contributed by atoms with Crippen molar-refractivity contribution in [2.24, 2.45) is 15.7 Å². The number of nitrogens with zero attached hydrogens (tertiary/aromatic N) is 2. The third kappa shape index (κ3) is 3.90. The van der Waals surface area contributed by atoms with Crippen LogP contribution < -0.4 is 5.73 Å². The van der Waals surface area contributed by atoms with Gasteiger partial charge in [-0.1, -0.05) is 0 Å². The highest BCUT2D eigenvalue weighted by molar-refractivity contribution is 9.11. The molecule has 2 N–H and O–H groups in total. The zero-order chi connectivity index (χ0) is 7.28. The first-order valence-electron chi connectivity index (χ1n) is 2.28. The Hall–Kier alpha value is -0.640. The summed E-state index contributed by atoms with van der Waals surface area (Å²) in [7, 11) is 0. The number of hydrogen-bond donors (Lipinski definition) is 1. The van der Waals surface area contributed by atoms with Gasteiger partial charge in [-0.05, 0) is 29.6 Å². The molecule has 0 aromatic heterocycles. The summed E-state index contributed by atoms with van der Waals surface area (Å²) in [4.78, 5) is 7.16. The average Bonchev–Trinajstić information content (AvgIpc) is 1.82. The Labute approximate surface area is 62.5 Å². The first-order chi connectivity index (χ1) is 4.18. The second-order valence-electron chi connectivity index (χ2n) is 1.40. The fraction of sp³-hybridized carbons (Fsp3) is 0.200. The van der Waals surface area contributed by atoms with Crippen molar-refractivity contribution in [2.75, 3.05) is 0 Å². The monoisotopic (exact) mass is 189 g/mol. The molecule has 3 nitrogen and oxygen atoms in total. The molecule has 0 saturated heterocycles. The molecule has 50 valence electrons. The van der Waals surface area contributed by atoms with Crippen molar-refractivity contribution in [3.05, 3.63) is 10.3 Å². The van der Waals surface area contributed by atoms with Gasteiger partial charge < -0.3 is 5.73 Å². The predicted octanol–water partition coefficient (Wildman–Crippen LogP) is 1.26. The Morgan fingerprint density at radius 3 is 2.67 bits per heavy atom. The van der Waals surface area contributed by atoms with Gasteiger partial charge in [-0.15, -0.1) is 0 Å². The molecule has 0 saturated carbocycles. The molecule has 0 aromatic rings. The van der Waals surface area contributed by atoms with Gasteiger partial charge in [-0.25, -0.2) is 4.99 Å². The molecule has 0 radical (unpaired) electrons. The Balaban J connectivity index is 4.06. The number of allylic oxidation sites excluding steroid dienone is 1. The molecule has 0 amide bonds. The highest BCUT2D eigenvalue weighted by Crippen LogP contribution is 2.07. The lowest BCUT2D eigenvalue weighted by Crippen LogP contribution is -1.91. The minimum Gasteiger partial charge on any atom is -0.400 e. The van der Waals surface area contributed by atoms with E-state index in [1.165, 1.54) is 6.34 Å². The van der Waals surface area contributed by atoms with Gasteiger partial charge in [0.2, 0.25) is 0 Å². The molecule has 0 bridgehead atoms. The summed E-state index contributed by atoms with van der Waals surface area (Å²) in [5.41, 5.74) is 5.95. The summed E-state index contributed by atoms with van der Waals surface area (Å²) in [6.45, 7) is 4.95. The van der Waals surface area contributed by atoms with Gasteiger partial charge in [0.05, 0.1) is 0 Å². The van der Waals surface area contributed by atoms with Crippen LogP contribution in [-0.4, -0.2) is 13.1 Å². The summed E-state index contributed by atoms with van der Waals surface area (Å²) in [6, 6.07) is 0. The minimum absolute atomic E-state index is 0.593. The van der Waals surface area contributed by atoms with Crippen molar-refractivity contribution < 1.29 is 0 Å². The van der Waals surface area contributed by atoms with Crippen LogP contribution in [0.3, 0.4) is 0 Å².